The van der Waals surface area contributed by atoms with Crippen molar-refractivity contribution < 1.29 is 0 Å². The van der Waals surface area contributed by atoms with Gasteiger partial charge in [0.25, 0.3) is 0 Å². The van der Waals surface area contributed by atoms with Crippen molar-refractivity contribution >= 4 is 23.1 Å². The van der Waals surface area contributed by atoms with E-state index < -0.39 is 0 Å². The average molecular weight is 226 g/mol. The standard InChI is InChI=1S/C11H16ClN3/c1-15(9-4-2-3-5-9)11-7-8(13)6-10(12)14-11/h6-7,9H,2-5H2,1H3,(H2,13,14). The van der Waals surface area contributed by atoms with Gasteiger partial charge >= 0.3 is 0 Å². The van der Waals surface area contributed by atoms with Crippen LogP contribution in [0.4, 0.5) is 11.5 Å². The third kappa shape index (κ3) is 2.34. The summed E-state index contributed by atoms with van der Waals surface area (Å²) in [6.45, 7) is 0. The number of hydrogen-bond donors (Lipinski definition) is 1. The van der Waals surface area contributed by atoms with Crippen molar-refractivity contribution in [2.45, 2.75) is 31.7 Å². The Morgan fingerprint density at radius 1 is 1.40 bits per heavy atom. The fourth-order valence-electron chi connectivity index (χ4n) is 2.16. The summed E-state index contributed by atoms with van der Waals surface area (Å²) in [6.07, 6.45) is 5.10. The minimum Gasteiger partial charge on any atom is -0.399 e. The molecule has 0 amide bonds. The molecule has 1 aromatic rings. The summed E-state index contributed by atoms with van der Waals surface area (Å²) in [5.74, 6) is 0.881. The Balaban J connectivity index is 2.20. The summed E-state index contributed by atoms with van der Waals surface area (Å²) < 4.78 is 0. The Hall–Kier alpha value is -0.960. The van der Waals surface area contributed by atoms with Crippen molar-refractivity contribution in [2.75, 3.05) is 17.7 Å². The van der Waals surface area contributed by atoms with Crippen molar-refractivity contribution in [3.05, 3.63) is 17.3 Å². The molecule has 4 heteroatoms. The summed E-state index contributed by atoms with van der Waals surface area (Å²) in [4.78, 5) is 6.48. The van der Waals surface area contributed by atoms with E-state index in [9.17, 15) is 0 Å². The van der Waals surface area contributed by atoms with Crippen LogP contribution in [-0.4, -0.2) is 18.1 Å². The van der Waals surface area contributed by atoms with Crippen LogP contribution in [0.15, 0.2) is 12.1 Å². The van der Waals surface area contributed by atoms with E-state index in [1.165, 1.54) is 25.7 Å². The van der Waals surface area contributed by atoms with E-state index in [4.69, 9.17) is 17.3 Å². The van der Waals surface area contributed by atoms with Crippen LogP contribution in [-0.2, 0) is 0 Å². The van der Waals surface area contributed by atoms with E-state index in [0.29, 0.717) is 16.9 Å². The zero-order chi connectivity index (χ0) is 10.8. The number of pyridine rings is 1. The zero-order valence-electron chi connectivity index (χ0n) is 8.91. The van der Waals surface area contributed by atoms with Gasteiger partial charge in [-0.15, -0.1) is 0 Å². The number of rotatable bonds is 2. The maximum atomic E-state index is 5.88. The number of nitrogen functional groups attached to an aromatic ring is 1. The molecule has 0 atom stereocenters. The largest absolute Gasteiger partial charge is 0.399 e. The second kappa shape index (κ2) is 4.27. The molecule has 82 valence electrons. The first-order chi connectivity index (χ1) is 7.16. The van der Waals surface area contributed by atoms with Gasteiger partial charge < -0.3 is 10.6 Å². The summed E-state index contributed by atoms with van der Waals surface area (Å²) >= 11 is 5.88. The summed E-state index contributed by atoms with van der Waals surface area (Å²) in [5.41, 5.74) is 6.42. The highest BCUT2D eigenvalue weighted by Crippen LogP contribution is 2.27. The predicted octanol–water partition coefficient (Wildman–Crippen LogP) is 2.70. The molecule has 1 aliphatic carbocycles. The van der Waals surface area contributed by atoms with Crippen molar-refractivity contribution in [1.82, 2.24) is 4.98 Å². The highest BCUT2D eigenvalue weighted by Gasteiger charge is 2.20. The van der Waals surface area contributed by atoms with Gasteiger partial charge in [-0.25, -0.2) is 4.98 Å². The van der Waals surface area contributed by atoms with E-state index in [1.807, 2.05) is 6.07 Å². The van der Waals surface area contributed by atoms with Gasteiger partial charge in [-0.05, 0) is 18.9 Å². The summed E-state index contributed by atoms with van der Waals surface area (Å²) in [5, 5.41) is 0.467. The average Bonchev–Trinajstić information content (AvgIpc) is 2.67. The van der Waals surface area contributed by atoms with Crippen LogP contribution in [0.5, 0.6) is 0 Å². The maximum Gasteiger partial charge on any atom is 0.133 e. The molecule has 3 nitrogen and oxygen atoms in total. The minimum absolute atomic E-state index is 0.467. The van der Waals surface area contributed by atoms with Crippen LogP contribution in [0.3, 0.4) is 0 Å². The van der Waals surface area contributed by atoms with Gasteiger partial charge in [0.05, 0.1) is 0 Å². The molecule has 1 aromatic heterocycles. The molecule has 1 aliphatic rings. The molecule has 1 fully saturated rings. The van der Waals surface area contributed by atoms with E-state index in [2.05, 4.69) is 16.9 Å². The fourth-order valence-corrected chi connectivity index (χ4v) is 2.37. The Morgan fingerprint density at radius 3 is 2.67 bits per heavy atom. The highest BCUT2D eigenvalue weighted by molar-refractivity contribution is 6.29. The molecule has 2 N–H and O–H groups in total. The highest BCUT2D eigenvalue weighted by atomic mass is 35.5. The maximum absolute atomic E-state index is 5.88. The smallest absolute Gasteiger partial charge is 0.133 e. The Labute approximate surface area is 95.2 Å². The monoisotopic (exact) mass is 225 g/mol. The SMILES string of the molecule is CN(c1cc(N)cc(Cl)n1)C1CCCC1. The third-order valence-corrected chi connectivity index (χ3v) is 3.23. The third-order valence-electron chi connectivity index (χ3n) is 3.04. The molecule has 2 rings (SSSR count). The fraction of sp³-hybridized carbons (Fsp3) is 0.545. The van der Waals surface area contributed by atoms with Gasteiger partial charge in [-0.3, -0.25) is 0 Å². The van der Waals surface area contributed by atoms with E-state index >= 15 is 0 Å². The molecule has 15 heavy (non-hydrogen) atoms. The van der Waals surface area contributed by atoms with Crippen molar-refractivity contribution in [3.63, 3.8) is 0 Å². The van der Waals surface area contributed by atoms with E-state index in [1.54, 1.807) is 6.07 Å². The normalized spacial score (nSPS) is 16.9. The molecular formula is C11H16ClN3. The number of hydrogen-bond acceptors (Lipinski definition) is 3. The zero-order valence-corrected chi connectivity index (χ0v) is 9.67. The molecule has 0 spiro atoms. The number of halogens is 1. The Kier molecular flexibility index (Phi) is 3.00. The quantitative estimate of drug-likeness (QED) is 0.787. The summed E-state index contributed by atoms with van der Waals surface area (Å²) in [6, 6.07) is 4.15. The Morgan fingerprint density at radius 2 is 2.07 bits per heavy atom. The van der Waals surface area contributed by atoms with E-state index in [-0.39, 0.29) is 0 Å². The lowest BCUT2D eigenvalue weighted by Gasteiger charge is -2.25. The van der Waals surface area contributed by atoms with Gasteiger partial charge in [-0.1, -0.05) is 24.4 Å². The molecule has 0 radical (unpaired) electrons. The van der Waals surface area contributed by atoms with Gasteiger partial charge in [0.1, 0.15) is 11.0 Å². The van der Waals surface area contributed by atoms with Crippen LogP contribution < -0.4 is 10.6 Å². The van der Waals surface area contributed by atoms with Crippen LogP contribution in [0, 0.1) is 0 Å². The van der Waals surface area contributed by atoms with Gasteiger partial charge in [0, 0.05) is 24.8 Å². The van der Waals surface area contributed by atoms with Crippen LogP contribution in [0.1, 0.15) is 25.7 Å². The summed E-state index contributed by atoms with van der Waals surface area (Å²) in [7, 11) is 2.06. The van der Waals surface area contributed by atoms with Crippen molar-refractivity contribution in [3.8, 4) is 0 Å². The topological polar surface area (TPSA) is 42.1 Å². The second-order valence-electron chi connectivity index (χ2n) is 4.13. The molecule has 0 bridgehead atoms. The number of aromatic nitrogens is 1. The van der Waals surface area contributed by atoms with E-state index in [0.717, 1.165) is 5.82 Å². The lowest BCUT2D eigenvalue weighted by Crippen LogP contribution is -2.29. The number of nitrogens with two attached hydrogens (primary N) is 1. The van der Waals surface area contributed by atoms with Crippen LogP contribution in [0.2, 0.25) is 5.15 Å². The first kappa shape index (κ1) is 10.6. The molecule has 1 heterocycles. The lowest BCUT2D eigenvalue weighted by atomic mass is 10.2. The van der Waals surface area contributed by atoms with Crippen LogP contribution in [0.25, 0.3) is 0 Å². The van der Waals surface area contributed by atoms with Crippen molar-refractivity contribution in [2.24, 2.45) is 0 Å². The first-order valence-electron chi connectivity index (χ1n) is 5.33. The molecule has 0 saturated heterocycles. The van der Waals surface area contributed by atoms with Gasteiger partial charge in [0.15, 0.2) is 0 Å². The molecule has 1 saturated carbocycles. The number of anilines is 2. The lowest BCUT2D eigenvalue weighted by molar-refractivity contribution is 0.647. The molecule has 0 aliphatic heterocycles. The van der Waals surface area contributed by atoms with Crippen molar-refractivity contribution in [1.29, 1.82) is 0 Å². The number of nitrogens with zero attached hydrogens (tertiary/aromatic N) is 2. The molecule has 0 unspecified atom stereocenters. The minimum atomic E-state index is 0.467. The first-order valence-corrected chi connectivity index (χ1v) is 5.70. The molecular weight excluding hydrogens is 210 g/mol. The van der Waals surface area contributed by atoms with Gasteiger partial charge in [-0.2, -0.15) is 0 Å². The van der Waals surface area contributed by atoms with Gasteiger partial charge in [0.2, 0.25) is 0 Å². The Bertz CT molecular complexity index is 327. The predicted molar refractivity (Wildman–Crippen MR) is 64.3 cm³/mol. The second-order valence-corrected chi connectivity index (χ2v) is 4.52. The molecule has 0 aromatic carbocycles. The van der Waals surface area contributed by atoms with Crippen LogP contribution >= 0.6 is 11.6 Å².